The Labute approximate surface area is 143 Å². The zero-order chi connectivity index (χ0) is 16.8. The van der Waals surface area contributed by atoms with E-state index < -0.39 is 0 Å². The van der Waals surface area contributed by atoms with Gasteiger partial charge in [-0.2, -0.15) is 0 Å². The van der Waals surface area contributed by atoms with Gasteiger partial charge >= 0.3 is 0 Å². The van der Waals surface area contributed by atoms with E-state index in [-0.39, 0.29) is 11.9 Å². The van der Waals surface area contributed by atoms with Crippen molar-refractivity contribution in [3.8, 4) is 0 Å². The fraction of sp³-hybridized carbons (Fsp3) is 0.350. The van der Waals surface area contributed by atoms with E-state index in [0.717, 1.165) is 22.6 Å². The smallest absolute Gasteiger partial charge is 0.252 e. The summed E-state index contributed by atoms with van der Waals surface area (Å²) in [6.07, 6.45) is 0.874. The average Bonchev–Trinajstić information content (AvgIpc) is 2.54. The van der Waals surface area contributed by atoms with Gasteiger partial charge < -0.3 is 5.32 Å². The van der Waals surface area contributed by atoms with Crippen LogP contribution in [0.5, 0.6) is 0 Å². The van der Waals surface area contributed by atoms with E-state index in [2.05, 4.69) is 51.2 Å². The van der Waals surface area contributed by atoms with Crippen LogP contribution >= 0.6 is 11.8 Å². The normalized spacial score (nSPS) is 12.0. The Morgan fingerprint density at radius 2 is 1.87 bits per heavy atom. The van der Waals surface area contributed by atoms with E-state index in [1.807, 2.05) is 24.3 Å². The van der Waals surface area contributed by atoms with Crippen molar-refractivity contribution in [1.29, 1.82) is 0 Å². The molecular formula is C20H25NOS. The molecule has 1 unspecified atom stereocenters. The lowest BCUT2D eigenvalue weighted by Gasteiger charge is -2.20. The Kier molecular flexibility index (Phi) is 6.28. The second-order valence-electron chi connectivity index (χ2n) is 5.72. The lowest BCUT2D eigenvalue weighted by molar-refractivity contribution is 0.0932. The topological polar surface area (TPSA) is 29.1 Å². The van der Waals surface area contributed by atoms with E-state index in [1.54, 1.807) is 11.8 Å². The van der Waals surface area contributed by atoms with Crippen LogP contribution in [0.1, 0.15) is 53.4 Å². The summed E-state index contributed by atoms with van der Waals surface area (Å²) in [5.74, 6) is 0.965. The zero-order valence-corrected chi connectivity index (χ0v) is 15.2. The van der Waals surface area contributed by atoms with E-state index in [1.165, 1.54) is 16.7 Å². The van der Waals surface area contributed by atoms with Crippen LogP contribution in [0.15, 0.2) is 47.4 Å². The Balaban J connectivity index is 2.23. The van der Waals surface area contributed by atoms with Gasteiger partial charge in [0.2, 0.25) is 0 Å². The maximum absolute atomic E-state index is 12.7. The highest BCUT2D eigenvalue weighted by atomic mass is 32.2. The summed E-state index contributed by atoms with van der Waals surface area (Å²) in [6, 6.07) is 14.3. The van der Waals surface area contributed by atoms with Gasteiger partial charge in [0, 0.05) is 4.90 Å². The summed E-state index contributed by atoms with van der Waals surface area (Å²) in [4.78, 5) is 13.8. The average molecular weight is 327 g/mol. The van der Waals surface area contributed by atoms with Crippen LogP contribution in [-0.4, -0.2) is 11.7 Å². The minimum absolute atomic E-state index is 0.00775. The third-order valence-corrected chi connectivity index (χ3v) is 4.90. The molecule has 0 fully saturated rings. The van der Waals surface area contributed by atoms with Crippen molar-refractivity contribution < 1.29 is 4.79 Å². The predicted molar refractivity (Wildman–Crippen MR) is 99.3 cm³/mol. The first kappa shape index (κ1) is 17.6. The lowest BCUT2D eigenvalue weighted by atomic mass is 9.97. The maximum Gasteiger partial charge on any atom is 0.252 e. The molecule has 122 valence electrons. The van der Waals surface area contributed by atoms with Crippen molar-refractivity contribution in [3.63, 3.8) is 0 Å². The monoisotopic (exact) mass is 327 g/mol. The molecule has 0 saturated carbocycles. The first-order valence-electron chi connectivity index (χ1n) is 8.16. The minimum atomic E-state index is 0.00775. The van der Waals surface area contributed by atoms with E-state index >= 15 is 0 Å². The molecule has 0 aliphatic carbocycles. The van der Waals surface area contributed by atoms with Crippen molar-refractivity contribution in [2.24, 2.45) is 0 Å². The summed E-state index contributed by atoms with van der Waals surface area (Å²) >= 11 is 1.71. The third kappa shape index (κ3) is 4.38. The molecule has 0 spiro atoms. The maximum atomic E-state index is 12.7. The molecule has 2 nitrogen and oxygen atoms in total. The molecule has 0 aromatic heterocycles. The summed E-state index contributed by atoms with van der Waals surface area (Å²) in [5, 5.41) is 3.21. The van der Waals surface area contributed by atoms with Crippen LogP contribution in [0, 0.1) is 13.8 Å². The van der Waals surface area contributed by atoms with Gasteiger partial charge in [-0.25, -0.2) is 0 Å². The molecule has 1 amide bonds. The molecular weight excluding hydrogens is 302 g/mol. The van der Waals surface area contributed by atoms with Gasteiger partial charge in [-0.15, -0.1) is 11.8 Å². The van der Waals surface area contributed by atoms with Gasteiger partial charge in [-0.3, -0.25) is 4.79 Å². The summed E-state index contributed by atoms with van der Waals surface area (Å²) in [5.41, 5.74) is 4.44. The predicted octanol–water partition coefficient (Wildman–Crippen LogP) is 5.30. The Hall–Kier alpha value is -1.74. The molecule has 2 aromatic carbocycles. The number of benzene rings is 2. The van der Waals surface area contributed by atoms with Crippen LogP contribution in [0.4, 0.5) is 0 Å². The quantitative estimate of drug-likeness (QED) is 0.730. The van der Waals surface area contributed by atoms with Gasteiger partial charge in [0.25, 0.3) is 5.91 Å². The van der Waals surface area contributed by atoms with Crippen LogP contribution in [0.2, 0.25) is 0 Å². The molecule has 23 heavy (non-hydrogen) atoms. The van der Waals surface area contributed by atoms with Crippen LogP contribution < -0.4 is 5.32 Å². The number of carbonyl (C=O) groups is 1. The van der Waals surface area contributed by atoms with Gasteiger partial charge in [-0.05, 0) is 49.3 Å². The molecule has 0 bridgehead atoms. The summed E-state index contributed by atoms with van der Waals surface area (Å²) in [6.45, 7) is 8.41. The Morgan fingerprint density at radius 3 is 2.52 bits per heavy atom. The zero-order valence-electron chi connectivity index (χ0n) is 14.3. The standard InChI is InChI=1S/C20H25NOS/c1-5-18(16-12-11-14(3)13-15(16)4)21-20(22)17-9-7-8-10-19(17)23-6-2/h7-13,18H,5-6H2,1-4H3,(H,21,22). The number of amides is 1. The fourth-order valence-electron chi connectivity index (χ4n) is 2.79. The minimum Gasteiger partial charge on any atom is -0.345 e. The van der Waals surface area contributed by atoms with Crippen molar-refractivity contribution in [1.82, 2.24) is 5.32 Å². The van der Waals surface area contributed by atoms with Crippen LogP contribution in [0.3, 0.4) is 0 Å². The number of hydrogen-bond acceptors (Lipinski definition) is 2. The van der Waals surface area contributed by atoms with Crippen molar-refractivity contribution >= 4 is 17.7 Å². The molecule has 2 aromatic rings. The molecule has 3 heteroatoms. The van der Waals surface area contributed by atoms with Crippen molar-refractivity contribution in [3.05, 3.63) is 64.7 Å². The SMILES string of the molecule is CCSc1ccccc1C(=O)NC(CC)c1ccc(C)cc1C. The van der Waals surface area contributed by atoms with Crippen LogP contribution in [0.25, 0.3) is 0 Å². The largest absolute Gasteiger partial charge is 0.345 e. The highest BCUT2D eigenvalue weighted by molar-refractivity contribution is 7.99. The van der Waals surface area contributed by atoms with Gasteiger partial charge in [0.1, 0.15) is 0 Å². The number of hydrogen-bond donors (Lipinski definition) is 1. The number of aryl methyl sites for hydroxylation is 2. The molecule has 1 N–H and O–H groups in total. The van der Waals surface area contributed by atoms with Gasteiger partial charge in [0.05, 0.1) is 11.6 Å². The van der Waals surface area contributed by atoms with Crippen molar-refractivity contribution in [2.75, 3.05) is 5.75 Å². The molecule has 0 radical (unpaired) electrons. The first-order valence-corrected chi connectivity index (χ1v) is 9.15. The van der Waals surface area contributed by atoms with E-state index in [0.29, 0.717) is 0 Å². The first-order chi connectivity index (χ1) is 11.1. The third-order valence-electron chi connectivity index (χ3n) is 3.95. The van der Waals surface area contributed by atoms with Crippen LogP contribution in [-0.2, 0) is 0 Å². The second kappa shape index (κ2) is 8.21. The molecule has 2 rings (SSSR count). The molecule has 0 aliphatic rings. The molecule has 0 heterocycles. The lowest BCUT2D eigenvalue weighted by Crippen LogP contribution is -2.29. The Morgan fingerprint density at radius 1 is 1.13 bits per heavy atom. The number of nitrogens with one attached hydrogen (secondary N) is 1. The molecule has 0 saturated heterocycles. The Bertz CT molecular complexity index is 681. The molecule has 0 aliphatic heterocycles. The van der Waals surface area contributed by atoms with E-state index in [4.69, 9.17) is 0 Å². The number of thioether (sulfide) groups is 1. The second-order valence-corrected chi connectivity index (χ2v) is 7.03. The van der Waals surface area contributed by atoms with Gasteiger partial charge in [-0.1, -0.05) is 49.7 Å². The van der Waals surface area contributed by atoms with E-state index in [9.17, 15) is 4.79 Å². The highest BCUT2D eigenvalue weighted by Crippen LogP contribution is 2.25. The number of carbonyl (C=O) groups excluding carboxylic acids is 1. The van der Waals surface area contributed by atoms with Crippen molar-refractivity contribution in [2.45, 2.75) is 45.1 Å². The van der Waals surface area contributed by atoms with Gasteiger partial charge in [0.15, 0.2) is 0 Å². The summed E-state index contributed by atoms with van der Waals surface area (Å²) < 4.78 is 0. The summed E-state index contributed by atoms with van der Waals surface area (Å²) in [7, 11) is 0. The fourth-order valence-corrected chi connectivity index (χ4v) is 3.59. The highest BCUT2D eigenvalue weighted by Gasteiger charge is 2.17. The number of rotatable bonds is 6. The molecule has 1 atom stereocenters.